The lowest BCUT2D eigenvalue weighted by atomic mass is 9.95. The third-order valence-corrected chi connectivity index (χ3v) is 5.89. The van der Waals surface area contributed by atoms with Gasteiger partial charge >= 0.3 is 5.97 Å². The number of methoxy groups -OCH3 is 1. The van der Waals surface area contributed by atoms with Gasteiger partial charge in [0.25, 0.3) is 5.91 Å². The van der Waals surface area contributed by atoms with Gasteiger partial charge in [0.05, 0.1) is 7.11 Å². The Morgan fingerprint density at radius 1 is 0.912 bits per heavy atom. The number of benzene rings is 3. The first-order valence-corrected chi connectivity index (χ1v) is 11.0. The summed E-state index contributed by atoms with van der Waals surface area (Å²) in [5, 5.41) is 12.7. The van der Waals surface area contributed by atoms with Crippen LogP contribution >= 0.6 is 0 Å². The largest absolute Gasteiger partial charge is 0.493 e. The molecular weight excluding hydrogens is 434 g/mol. The number of rotatable bonds is 9. The SMILES string of the molecule is COc1ccc(C(=O)NC2(C(=O)O)Cc3ccccc3C2)cc1OCCOc1cccc(C)c1. The minimum Gasteiger partial charge on any atom is -0.493 e. The van der Waals surface area contributed by atoms with Gasteiger partial charge in [0.15, 0.2) is 11.5 Å². The standard InChI is InChI=1S/C27H27NO6/c1-18-6-5-9-22(14-18)33-12-13-34-24-15-19(10-11-23(24)32-2)25(29)28-27(26(30)31)16-20-7-3-4-8-21(20)17-27/h3-11,14-15H,12-13,16-17H2,1-2H3,(H,28,29)(H,30,31). The Bertz CT molecular complexity index is 1180. The fourth-order valence-electron chi connectivity index (χ4n) is 4.14. The summed E-state index contributed by atoms with van der Waals surface area (Å²) in [5.74, 6) is 0.0460. The number of carbonyl (C=O) groups excluding carboxylic acids is 1. The van der Waals surface area contributed by atoms with Crippen LogP contribution in [0.2, 0.25) is 0 Å². The third-order valence-electron chi connectivity index (χ3n) is 5.89. The Kier molecular flexibility index (Phi) is 6.72. The van der Waals surface area contributed by atoms with Gasteiger partial charge in [-0.25, -0.2) is 4.79 Å². The lowest BCUT2D eigenvalue weighted by molar-refractivity contribution is -0.144. The van der Waals surface area contributed by atoms with Crippen LogP contribution in [0, 0.1) is 6.92 Å². The summed E-state index contributed by atoms with van der Waals surface area (Å²) in [7, 11) is 1.51. The quantitative estimate of drug-likeness (QED) is 0.471. The predicted octanol–water partition coefficient (Wildman–Crippen LogP) is 3.81. The molecule has 0 aliphatic heterocycles. The minimum atomic E-state index is -1.39. The van der Waals surface area contributed by atoms with Crippen molar-refractivity contribution in [2.45, 2.75) is 25.3 Å². The number of aliphatic carboxylic acids is 1. The molecule has 0 spiro atoms. The molecule has 7 heteroatoms. The number of nitrogens with one attached hydrogen (secondary N) is 1. The zero-order chi connectivity index (χ0) is 24.1. The highest BCUT2D eigenvalue weighted by Gasteiger charge is 2.45. The molecule has 3 aromatic rings. The average molecular weight is 462 g/mol. The normalized spacial score (nSPS) is 13.6. The fraction of sp³-hybridized carbons (Fsp3) is 0.259. The minimum absolute atomic E-state index is 0.236. The summed E-state index contributed by atoms with van der Waals surface area (Å²) in [6, 6.07) is 20.0. The van der Waals surface area contributed by atoms with Gasteiger partial charge in [-0.1, -0.05) is 36.4 Å². The van der Waals surface area contributed by atoms with Crippen LogP contribution in [-0.4, -0.2) is 42.8 Å². The van der Waals surface area contributed by atoms with E-state index in [4.69, 9.17) is 14.2 Å². The van der Waals surface area contributed by atoms with Crippen molar-refractivity contribution in [3.05, 3.63) is 89.0 Å². The van der Waals surface area contributed by atoms with Gasteiger partial charge in [-0.3, -0.25) is 4.79 Å². The van der Waals surface area contributed by atoms with Crippen LogP contribution in [0.15, 0.2) is 66.7 Å². The van der Waals surface area contributed by atoms with Crippen molar-refractivity contribution < 1.29 is 28.9 Å². The summed E-state index contributed by atoms with van der Waals surface area (Å²) in [6.07, 6.45) is 0.472. The monoisotopic (exact) mass is 461 g/mol. The Hall–Kier alpha value is -4.00. The van der Waals surface area contributed by atoms with Crippen LogP contribution in [0.25, 0.3) is 0 Å². The number of ether oxygens (including phenoxy) is 3. The number of fused-ring (bicyclic) bond motifs is 1. The molecule has 0 atom stereocenters. The summed E-state index contributed by atoms with van der Waals surface area (Å²) in [4.78, 5) is 25.2. The molecule has 34 heavy (non-hydrogen) atoms. The number of carboxylic acids is 1. The third kappa shape index (κ3) is 4.98. The Morgan fingerprint density at radius 3 is 2.26 bits per heavy atom. The van der Waals surface area contributed by atoms with Gasteiger partial charge in [-0.05, 0) is 53.9 Å². The number of aryl methyl sites for hydroxylation is 1. The molecule has 1 amide bonds. The van der Waals surface area contributed by atoms with Crippen molar-refractivity contribution >= 4 is 11.9 Å². The second-order valence-corrected chi connectivity index (χ2v) is 8.34. The molecule has 7 nitrogen and oxygen atoms in total. The van der Waals surface area contributed by atoms with E-state index < -0.39 is 17.4 Å². The van der Waals surface area contributed by atoms with Gasteiger partial charge in [0.1, 0.15) is 24.5 Å². The molecule has 176 valence electrons. The Morgan fingerprint density at radius 2 is 1.62 bits per heavy atom. The maximum Gasteiger partial charge on any atom is 0.330 e. The Labute approximate surface area is 198 Å². The molecule has 0 unspecified atom stereocenters. The lowest BCUT2D eigenvalue weighted by Gasteiger charge is -2.25. The molecule has 0 saturated carbocycles. The van der Waals surface area contributed by atoms with E-state index >= 15 is 0 Å². The van der Waals surface area contributed by atoms with Crippen LogP contribution in [0.4, 0.5) is 0 Å². The highest BCUT2D eigenvalue weighted by atomic mass is 16.5. The second kappa shape index (κ2) is 9.87. The van der Waals surface area contributed by atoms with E-state index in [9.17, 15) is 14.7 Å². The topological polar surface area (TPSA) is 94.1 Å². The highest BCUT2D eigenvalue weighted by Crippen LogP contribution is 2.32. The molecular formula is C27H27NO6. The van der Waals surface area contributed by atoms with Gasteiger partial charge < -0.3 is 24.6 Å². The summed E-state index contributed by atoms with van der Waals surface area (Å²) in [5.41, 5.74) is 1.86. The number of hydrogen-bond acceptors (Lipinski definition) is 5. The first-order valence-electron chi connectivity index (χ1n) is 11.0. The average Bonchev–Trinajstić information content (AvgIpc) is 3.21. The molecule has 0 bridgehead atoms. The van der Waals surface area contributed by atoms with E-state index in [2.05, 4.69) is 5.32 Å². The number of hydrogen-bond donors (Lipinski definition) is 2. The maximum atomic E-state index is 13.1. The lowest BCUT2D eigenvalue weighted by Crippen LogP contribution is -2.55. The molecule has 0 saturated heterocycles. The van der Waals surface area contributed by atoms with Gasteiger partial charge in [0.2, 0.25) is 0 Å². The molecule has 2 N–H and O–H groups in total. The zero-order valence-corrected chi connectivity index (χ0v) is 19.2. The molecule has 0 fully saturated rings. The molecule has 3 aromatic carbocycles. The summed E-state index contributed by atoms with van der Waals surface area (Å²) in [6.45, 7) is 2.54. The van der Waals surface area contributed by atoms with E-state index in [1.54, 1.807) is 18.2 Å². The van der Waals surface area contributed by atoms with Crippen LogP contribution in [0.5, 0.6) is 17.2 Å². The molecule has 0 radical (unpaired) electrons. The fourth-order valence-corrected chi connectivity index (χ4v) is 4.14. The first-order chi connectivity index (χ1) is 16.4. The second-order valence-electron chi connectivity index (χ2n) is 8.34. The van der Waals surface area contributed by atoms with Crippen LogP contribution in [-0.2, 0) is 17.6 Å². The van der Waals surface area contributed by atoms with Crippen LogP contribution in [0.3, 0.4) is 0 Å². The molecule has 0 heterocycles. The maximum absolute atomic E-state index is 13.1. The summed E-state index contributed by atoms with van der Waals surface area (Å²) < 4.78 is 16.9. The Balaban J connectivity index is 1.44. The summed E-state index contributed by atoms with van der Waals surface area (Å²) >= 11 is 0. The van der Waals surface area contributed by atoms with E-state index in [1.165, 1.54) is 7.11 Å². The smallest absolute Gasteiger partial charge is 0.330 e. The van der Waals surface area contributed by atoms with Crippen molar-refractivity contribution in [2.75, 3.05) is 20.3 Å². The van der Waals surface area contributed by atoms with Crippen LogP contribution < -0.4 is 19.5 Å². The van der Waals surface area contributed by atoms with E-state index in [1.807, 2.05) is 55.5 Å². The van der Waals surface area contributed by atoms with Crippen molar-refractivity contribution in [2.24, 2.45) is 0 Å². The molecule has 1 aliphatic rings. The molecule has 1 aliphatic carbocycles. The first kappa shape index (κ1) is 23.2. The van der Waals surface area contributed by atoms with Crippen molar-refractivity contribution in [1.82, 2.24) is 5.32 Å². The van der Waals surface area contributed by atoms with E-state index in [0.29, 0.717) is 18.1 Å². The van der Waals surface area contributed by atoms with Crippen molar-refractivity contribution in [3.8, 4) is 17.2 Å². The predicted molar refractivity (Wildman–Crippen MR) is 127 cm³/mol. The number of amides is 1. The van der Waals surface area contributed by atoms with Gasteiger partial charge in [0, 0.05) is 18.4 Å². The van der Waals surface area contributed by atoms with Gasteiger partial charge in [-0.15, -0.1) is 0 Å². The van der Waals surface area contributed by atoms with Gasteiger partial charge in [-0.2, -0.15) is 0 Å². The van der Waals surface area contributed by atoms with Crippen molar-refractivity contribution in [1.29, 1.82) is 0 Å². The van der Waals surface area contributed by atoms with E-state index in [-0.39, 0.29) is 25.0 Å². The molecule has 0 aromatic heterocycles. The molecule has 4 rings (SSSR count). The number of carboxylic acid groups (broad SMARTS) is 1. The van der Waals surface area contributed by atoms with Crippen molar-refractivity contribution in [3.63, 3.8) is 0 Å². The highest BCUT2D eigenvalue weighted by molar-refractivity contribution is 5.99. The van der Waals surface area contributed by atoms with Crippen LogP contribution in [0.1, 0.15) is 27.0 Å². The van der Waals surface area contributed by atoms with E-state index in [0.717, 1.165) is 22.4 Å². The zero-order valence-electron chi connectivity index (χ0n) is 19.2. The number of carbonyl (C=O) groups is 2.